The molecule has 0 bridgehead atoms. The summed E-state index contributed by atoms with van der Waals surface area (Å²) in [5.41, 5.74) is 1.91. The molecule has 0 atom stereocenters. The van der Waals surface area contributed by atoms with Crippen LogP contribution in [0, 0.1) is 0 Å². The molecule has 96 valence electrons. The molecule has 3 rings (SSSR count). The van der Waals surface area contributed by atoms with Crippen molar-refractivity contribution in [1.82, 2.24) is 14.4 Å². The number of ether oxygens (including phenoxy) is 1. The molecule has 6 heteroatoms. The number of carbonyl (C=O) groups is 1. The average molecular weight is 276 g/mol. The van der Waals surface area contributed by atoms with Gasteiger partial charge in [-0.3, -0.25) is 0 Å². The van der Waals surface area contributed by atoms with Crippen LogP contribution < -0.4 is 0 Å². The lowest BCUT2D eigenvalue weighted by atomic mass is 10.2. The molecule has 0 unspecified atom stereocenters. The van der Waals surface area contributed by atoms with Crippen molar-refractivity contribution in [2.24, 2.45) is 0 Å². The lowest BCUT2D eigenvalue weighted by molar-refractivity contribution is 0.0529. The molecule has 0 aliphatic carbocycles. The van der Waals surface area contributed by atoms with Crippen molar-refractivity contribution < 1.29 is 9.53 Å². The molecule has 0 radical (unpaired) electrons. The Morgan fingerprint density at radius 2 is 2.26 bits per heavy atom. The smallest absolute Gasteiger partial charge is 0.340 e. The third kappa shape index (κ3) is 1.92. The highest BCUT2D eigenvalue weighted by Gasteiger charge is 2.14. The van der Waals surface area contributed by atoms with E-state index in [0.29, 0.717) is 17.8 Å². The largest absolute Gasteiger partial charge is 0.462 e. The SMILES string of the molecule is CCOC(=O)c1ccn2c1ccc1cnc(Cl)nc12. The quantitative estimate of drug-likeness (QED) is 0.533. The van der Waals surface area contributed by atoms with Crippen LogP contribution in [0.2, 0.25) is 5.28 Å². The molecule has 3 aromatic rings. The number of rotatable bonds is 2. The molecule has 0 amide bonds. The van der Waals surface area contributed by atoms with Gasteiger partial charge in [-0.15, -0.1) is 0 Å². The molecule has 0 aromatic carbocycles. The van der Waals surface area contributed by atoms with Gasteiger partial charge in [0.05, 0.1) is 17.7 Å². The number of hydrogen-bond acceptors (Lipinski definition) is 4. The summed E-state index contributed by atoms with van der Waals surface area (Å²) >= 11 is 5.81. The van der Waals surface area contributed by atoms with Gasteiger partial charge in [-0.05, 0) is 36.7 Å². The second-order valence-electron chi connectivity index (χ2n) is 3.96. The highest BCUT2D eigenvalue weighted by molar-refractivity contribution is 6.28. The normalized spacial score (nSPS) is 11.1. The topological polar surface area (TPSA) is 56.5 Å². The van der Waals surface area contributed by atoms with Crippen LogP contribution in [0.25, 0.3) is 16.6 Å². The number of halogens is 1. The summed E-state index contributed by atoms with van der Waals surface area (Å²) in [5, 5.41) is 1.02. The zero-order chi connectivity index (χ0) is 13.4. The molecule has 0 saturated carbocycles. The van der Waals surface area contributed by atoms with E-state index in [1.807, 2.05) is 12.1 Å². The summed E-state index contributed by atoms with van der Waals surface area (Å²) in [4.78, 5) is 20.0. The number of carbonyl (C=O) groups excluding carboxylic acids is 1. The molecular formula is C13H10ClN3O2. The Labute approximate surface area is 113 Å². The van der Waals surface area contributed by atoms with Crippen LogP contribution in [0.3, 0.4) is 0 Å². The summed E-state index contributed by atoms with van der Waals surface area (Å²) in [5.74, 6) is -0.343. The van der Waals surface area contributed by atoms with Gasteiger partial charge in [0.25, 0.3) is 0 Å². The number of esters is 1. The highest BCUT2D eigenvalue weighted by atomic mass is 35.5. The van der Waals surface area contributed by atoms with E-state index in [2.05, 4.69) is 9.97 Å². The van der Waals surface area contributed by atoms with E-state index in [-0.39, 0.29) is 11.3 Å². The van der Waals surface area contributed by atoms with Crippen molar-refractivity contribution in [3.63, 3.8) is 0 Å². The van der Waals surface area contributed by atoms with Gasteiger partial charge in [0.2, 0.25) is 5.28 Å². The maximum Gasteiger partial charge on any atom is 0.340 e. The summed E-state index contributed by atoms with van der Waals surface area (Å²) in [6.07, 6.45) is 3.42. The van der Waals surface area contributed by atoms with E-state index in [1.54, 1.807) is 29.8 Å². The molecule has 3 heterocycles. The van der Waals surface area contributed by atoms with Crippen molar-refractivity contribution >= 4 is 34.1 Å². The Bertz CT molecular complexity index is 782. The Balaban J connectivity index is 2.27. The summed E-state index contributed by atoms with van der Waals surface area (Å²) < 4.78 is 6.82. The zero-order valence-corrected chi connectivity index (χ0v) is 10.9. The fraction of sp³-hybridized carbons (Fsp3) is 0.154. The van der Waals surface area contributed by atoms with Crippen LogP contribution in [-0.2, 0) is 4.74 Å². The summed E-state index contributed by atoms with van der Waals surface area (Å²) in [6, 6.07) is 5.40. The minimum absolute atomic E-state index is 0.173. The van der Waals surface area contributed by atoms with Crippen LogP contribution in [0.5, 0.6) is 0 Å². The van der Waals surface area contributed by atoms with Gasteiger partial charge in [0, 0.05) is 17.8 Å². The van der Waals surface area contributed by atoms with E-state index >= 15 is 0 Å². The number of fused-ring (bicyclic) bond motifs is 3. The second kappa shape index (κ2) is 4.51. The molecule has 0 saturated heterocycles. The van der Waals surface area contributed by atoms with E-state index in [1.165, 1.54) is 0 Å². The molecule has 19 heavy (non-hydrogen) atoms. The Morgan fingerprint density at radius 1 is 1.42 bits per heavy atom. The first kappa shape index (κ1) is 11.9. The lowest BCUT2D eigenvalue weighted by Crippen LogP contribution is -2.04. The van der Waals surface area contributed by atoms with Gasteiger partial charge in [-0.1, -0.05) is 0 Å². The predicted molar refractivity (Wildman–Crippen MR) is 71.5 cm³/mol. The van der Waals surface area contributed by atoms with E-state index in [4.69, 9.17) is 16.3 Å². The minimum Gasteiger partial charge on any atom is -0.462 e. The van der Waals surface area contributed by atoms with Gasteiger partial charge >= 0.3 is 5.97 Å². The monoisotopic (exact) mass is 275 g/mol. The molecule has 0 aliphatic heterocycles. The molecule has 0 N–H and O–H groups in total. The first-order valence-electron chi connectivity index (χ1n) is 5.80. The third-order valence-corrected chi connectivity index (χ3v) is 3.02. The predicted octanol–water partition coefficient (Wildman–Crippen LogP) is 2.71. The first-order valence-corrected chi connectivity index (χ1v) is 6.18. The molecule has 0 fully saturated rings. The Morgan fingerprint density at radius 3 is 3.05 bits per heavy atom. The Kier molecular flexibility index (Phi) is 2.83. The third-order valence-electron chi connectivity index (χ3n) is 2.84. The first-order chi connectivity index (χ1) is 9.20. The van der Waals surface area contributed by atoms with Gasteiger partial charge in [0.15, 0.2) is 0 Å². The molecule has 5 nitrogen and oxygen atoms in total. The molecule has 0 aliphatic rings. The lowest BCUT2D eigenvalue weighted by Gasteiger charge is -2.03. The maximum absolute atomic E-state index is 11.8. The van der Waals surface area contributed by atoms with Gasteiger partial charge < -0.3 is 9.14 Å². The fourth-order valence-electron chi connectivity index (χ4n) is 2.02. The van der Waals surface area contributed by atoms with E-state index in [9.17, 15) is 4.79 Å². The van der Waals surface area contributed by atoms with Gasteiger partial charge in [0.1, 0.15) is 5.65 Å². The van der Waals surface area contributed by atoms with E-state index in [0.717, 1.165) is 10.9 Å². The number of pyridine rings is 1. The molecule has 3 aromatic heterocycles. The maximum atomic E-state index is 11.8. The van der Waals surface area contributed by atoms with Crippen LogP contribution in [-0.4, -0.2) is 26.9 Å². The molecular weight excluding hydrogens is 266 g/mol. The van der Waals surface area contributed by atoms with Gasteiger partial charge in [-0.2, -0.15) is 4.98 Å². The second-order valence-corrected chi connectivity index (χ2v) is 4.29. The van der Waals surface area contributed by atoms with Crippen LogP contribution in [0.4, 0.5) is 0 Å². The summed E-state index contributed by atoms with van der Waals surface area (Å²) in [7, 11) is 0. The molecule has 0 spiro atoms. The van der Waals surface area contributed by atoms with E-state index < -0.39 is 0 Å². The zero-order valence-electron chi connectivity index (χ0n) is 10.1. The standard InChI is InChI=1S/C13H10ClN3O2/c1-2-19-12(18)9-5-6-17-10(9)4-3-8-7-15-13(14)16-11(8)17/h3-7H,2H2,1H3. The Hall–Kier alpha value is -2.14. The van der Waals surface area contributed by atoms with Crippen molar-refractivity contribution in [1.29, 1.82) is 0 Å². The van der Waals surface area contributed by atoms with Crippen LogP contribution in [0.1, 0.15) is 17.3 Å². The van der Waals surface area contributed by atoms with Crippen molar-refractivity contribution in [2.45, 2.75) is 6.92 Å². The number of aromatic nitrogens is 3. The number of nitrogens with zero attached hydrogens (tertiary/aromatic N) is 3. The van der Waals surface area contributed by atoms with Crippen molar-refractivity contribution in [2.75, 3.05) is 6.61 Å². The fourth-order valence-corrected chi connectivity index (χ4v) is 2.15. The van der Waals surface area contributed by atoms with Crippen LogP contribution >= 0.6 is 11.6 Å². The van der Waals surface area contributed by atoms with Gasteiger partial charge in [-0.25, -0.2) is 9.78 Å². The number of hydrogen-bond donors (Lipinski definition) is 0. The summed E-state index contributed by atoms with van der Waals surface area (Å²) in [6.45, 7) is 2.12. The highest BCUT2D eigenvalue weighted by Crippen LogP contribution is 2.20. The van der Waals surface area contributed by atoms with Crippen molar-refractivity contribution in [3.8, 4) is 0 Å². The average Bonchev–Trinajstić information content (AvgIpc) is 2.83. The van der Waals surface area contributed by atoms with Crippen molar-refractivity contribution in [3.05, 3.63) is 41.4 Å². The van der Waals surface area contributed by atoms with Crippen LogP contribution in [0.15, 0.2) is 30.6 Å². The minimum atomic E-state index is -0.343.